The molecule has 0 heterocycles. The molecule has 0 aliphatic rings. The maximum Gasteiger partial charge on any atom is 0.318 e. The Bertz CT molecular complexity index is 515. The molecule has 0 spiro atoms. The SMILES string of the molecule is Nc1ccc(F)cc1S(=O)(=O)NCC(=O)O. The summed E-state index contributed by atoms with van der Waals surface area (Å²) < 4.78 is 37.6. The van der Waals surface area contributed by atoms with Crippen molar-refractivity contribution in [3.05, 3.63) is 24.0 Å². The van der Waals surface area contributed by atoms with Gasteiger partial charge in [0, 0.05) is 0 Å². The maximum atomic E-state index is 12.8. The van der Waals surface area contributed by atoms with Gasteiger partial charge in [-0.25, -0.2) is 12.8 Å². The largest absolute Gasteiger partial charge is 0.480 e. The summed E-state index contributed by atoms with van der Waals surface area (Å²) in [5, 5.41) is 8.32. The Morgan fingerprint density at radius 2 is 2.12 bits per heavy atom. The molecule has 1 aromatic rings. The van der Waals surface area contributed by atoms with Crippen molar-refractivity contribution in [3.63, 3.8) is 0 Å². The molecule has 0 aliphatic heterocycles. The van der Waals surface area contributed by atoms with Crippen LogP contribution in [0.2, 0.25) is 0 Å². The zero-order chi connectivity index (χ0) is 12.3. The Morgan fingerprint density at radius 3 is 2.69 bits per heavy atom. The molecule has 16 heavy (non-hydrogen) atoms. The van der Waals surface area contributed by atoms with E-state index in [0.29, 0.717) is 0 Å². The third-order valence-corrected chi connectivity index (χ3v) is 3.14. The Morgan fingerprint density at radius 1 is 1.50 bits per heavy atom. The fourth-order valence-electron chi connectivity index (χ4n) is 0.975. The van der Waals surface area contributed by atoms with E-state index in [1.807, 2.05) is 0 Å². The lowest BCUT2D eigenvalue weighted by Crippen LogP contribution is -2.30. The van der Waals surface area contributed by atoms with E-state index in [9.17, 15) is 17.6 Å². The van der Waals surface area contributed by atoms with Gasteiger partial charge in [0.1, 0.15) is 17.3 Å². The van der Waals surface area contributed by atoms with Crippen LogP contribution >= 0.6 is 0 Å². The second-order valence-corrected chi connectivity index (χ2v) is 4.64. The van der Waals surface area contributed by atoms with E-state index < -0.39 is 33.3 Å². The number of nitrogen functional groups attached to an aromatic ring is 1. The zero-order valence-electron chi connectivity index (χ0n) is 7.97. The van der Waals surface area contributed by atoms with Crippen molar-refractivity contribution >= 4 is 21.7 Å². The number of nitrogens with two attached hydrogens (primary N) is 1. The van der Waals surface area contributed by atoms with Crippen LogP contribution in [0.25, 0.3) is 0 Å². The number of sulfonamides is 1. The number of carbonyl (C=O) groups is 1. The van der Waals surface area contributed by atoms with Gasteiger partial charge < -0.3 is 10.8 Å². The van der Waals surface area contributed by atoms with Crippen LogP contribution < -0.4 is 10.5 Å². The van der Waals surface area contributed by atoms with Crippen molar-refractivity contribution in [3.8, 4) is 0 Å². The highest BCUT2D eigenvalue weighted by Crippen LogP contribution is 2.18. The van der Waals surface area contributed by atoms with Gasteiger partial charge in [-0.1, -0.05) is 0 Å². The average molecular weight is 248 g/mol. The topological polar surface area (TPSA) is 109 Å². The van der Waals surface area contributed by atoms with Gasteiger partial charge in [-0.05, 0) is 18.2 Å². The van der Waals surface area contributed by atoms with Crippen molar-refractivity contribution in [2.45, 2.75) is 4.90 Å². The quantitative estimate of drug-likeness (QED) is 0.638. The smallest absolute Gasteiger partial charge is 0.318 e. The Balaban J connectivity index is 3.07. The third kappa shape index (κ3) is 2.91. The Kier molecular flexibility index (Phi) is 3.45. The molecule has 6 nitrogen and oxygen atoms in total. The molecule has 0 saturated carbocycles. The summed E-state index contributed by atoms with van der Waals surface area (Å²) in [5.74, 6) is -2.12. The van der Waals surface area contributed by atoms with Crippen molar-refractivity contribution in [1.82, 2.24) is 4.72 Å². The molecule has 0 aliphatic carbocycles. The van der Waals surface area contributed by atoms with Crippen LogP contribution in [0.3, 0.4) is 0 Å². The van der Waals surface area contributed by atoms with Crippen molar-refractivity contribution < 1.29 is 22.7 Å². The number of rotatable bonds is 4. The summed E-state index contributed by atoms with van der Waals surface area (Å²) in [6.07, 6.45) is 0. The van der Waals surface area contributed by atoms with Gasteiger partial charge in [0.2, 0.25) is 10.0 Å². The van der Waals surface area contributed by atoms with E-state index in [1.54, 1.807) is 4.72 Å². The van der Waals surface area contributed by atoms with E-state index in [0.717, 1.165) is 18.2 Å². The summed E-state index contributed by atoms with van der Waals surface area (Å²) in [6.45, 7) is -0.793. The minimum atomic E-state index is -4.10. The molecule has 1 aromatic carbocycles. The Labute approximate surface area is 90.9 Å². The van der Waals surface area contributed by atoms with E-state index in [1.165, 1.54) is 0 Å². The van der Waals surface area contributed by atoms with E-state index in [2.05, 4.69) is 0 Å². The van der Waals surface area contributed by atoms with Crippen LogP contribution in [-0.2, 0) is 14.8 Å². The van der Waals surface area contributed by atoms with Crippen LogP contribution in [-0.4, -0.2) is 26.0 Å². The molecule has 0 saturated heterocycles. The van der Waals surface area contributed by atoms with Crippen LogP contribution in [0.15, 0.2) is 23.1 Å². The van der Waals surface area contributed by atoms with Crippen molar-refractivity contribution in [1.29, 1.82) is 0 Å². The van der Waals surface area contributed by atoms with Crippen LogP contribution in [0, 0.1) is 5.82 Å². The number of hydrogen-bond donors (Lipinski definition) is 3. The van der Waals surface area contributed by atoms with Gasteiger partial charge in [-0.3, -0.25) is 4.79 Å². The minimum Gasteiger partial charge on any atom is -0.480 e. The summed E-state index contributed by atoms with van der Waals surface area (Å²) in [5.41, 5.74) is 5.20. The highest BCUT2D eigenvalue weighted by atomic mass is 32.2. The molecule has 4 N–H and O–H groups in total. The normalized spacial score (nSPS) is 11.3. The fourth-order valence-corrected chi connectivity index (χ4v) is 2.09. The molecule has 1 rings (SSSR count). The first-order valence-electron chi connectivity index (χ1n) is 4.09. The first-order chi connectivity index (χ1) is 7.33. The summed E-state index contributed by atoms with van der Waals surface area (Å²) in [6, 6.07) is 2.82. The number of nitrogens with one attached hydrogen (secondary N) is 1. The third-order valence-electron chi connectivity index (χ3n) is 1.68. The highest BCUT2D eigenvalue weighted by Gasteiger charge is 2.18. The number of carboxylic acid groups (broad SMARTS) is 1. The van der Waals surface area contributed by atoms with Gasteiger partial charge in [0.15, 0.2) is 0 Å². The monoisotopic (exact) mass is 248 g/mol. The van der Waals surface area contributed by atoms with Gasteiger partial charge >= 0.3 is 5.97 Å². The van der Waals surface area contributed by atoms with Crippen LogP contribution in [0.1, 0.15) is 0 Å². The molecule has 0 radical (unpaired) electrons. The number of carboxylic acids is 1. The van der Waals surface area contributed by atoms with Gasteiger partial charge in [0.25, 0.3) is 0 Å². The van der Waals surface area contributed by atoms with E-state index in [4.69, 9.17) is 10.8 Å². The summed E-state index contributed by atoms with van der Waals surface area (Å²) >= 11 is 0. The second kappa shape index (κ2) is 4.45. The molecule has 0 fully saturated rings. The van der Waals surface area contributed by atoms with Crippen molar-refractivity contribution in [2.24, 2.45) is 0 Å². The summed E-state index contributed by atoms with van der Waals surface area (Å²) in [7, 11) is -4.10. The number of halogens is 1. The summed E-state index contributed by atoms with van der Waals surface area (Å²) in [4.78, 5) is 9.72. The molecule has 88 valence electrons. The maximum absolute atomic E-state index is 12.8. The lowest BCUT2D eigenvalue weighted by atomic mass is 10.3. The molecule has 8 heteroatoms. The van der Waals surface area contributed by atoms with Gasteiger partial charge in [-0.2, -0.15) is 4.72 Å². The lowest BCUT2D eigenvalue weighted by Gasteiger charge is -2.07. The molecule has 0 aromatic heterocycles. The number of aliphatic carboxylic acids is 1. The lowest BCUT2D eigenvalue weighted by molar-refractivity contribution is -0.135. The number of hydrogen-bond acceptors (Lipinski definition) is 4. The molecule has 0 bridgehead atoms. The fraction of sp³-hybridized carbons (Fsp3) is 0.125. The first kappa shape index (κ1) is 12.4. The molecular formula is C8H9FN2O4S. The van der Waals surface area contributed by atoms with E-state index in [-0.39, 0.29) is 5.69 Å². The molecular weight excluding hydrogens is 239 g/mol. The highest BCUT2D eigenvalue weighted by molar-refractivity contribution is 7.89. The zero-order valence-corrected chi connectivity index (χ0v) is 8.79. The van der Waals surface area contributed by atoms with E-state index >= 15 is 0 Å². The number of benzene rings is 1. The van der Waals surface area contributed by atoms with Gasteiger partial charge in [0.05, 0.1) is 5.69 Å². The molecule has 0 unspecified atom stereocenters. The standard InChI is InChI=1S/C8H9FN2O4S/c9-5-1-2-6(10)7(3-5)16(14,15)11-4-8(12)13/h1-3,11H,4,10H2,(H,12,13). The molecule has 0 atom stereocenters. The first-order valence-corrected chi connectivity index (χ1v) is 5.58. The predicted octanol–water partition coefficient (Wildman–Crippen LogP) is -0.229. The van der Waals surface area contributed by atoms with Gasteiger partial charge in [-0.15, -0.1) is 0 Å². The second-order valence-electron chi connectivity index (χ2n) is 2.90. The average Bonchev–Trinajstić information content (AvgIpc) is 2.19. The predicted molar refractivity (Wildman–Crippen MR) is 53.6 cm³/mol. The Hall–Kier alpha value is -1.67. The minimum absolute atomic E-state index is 0.153. The van der Waals surface area contributed by atoms with Crippen LogP contribution in [0.4, 0.5) is 10.1 Å². The molecule has 0 amide bonds. The van der Waals surface area contributed by atoms with Crippen LogP contribution in [0.5, 0.6) is 0 Å². The van der Waals surface area contributed by atoms with Crippen molar-refractivity contribution in [2.75, 3.05) is 12.3 Å². The number of anilines is 1.